The van der Waals surface area contributed by atoms with E-state index in [9.17, 15) is 13.2 Å². The van der Waals surface area contributed by atoms with E-state index in [0.717, 1.165) is 0 Å². The molecule has 1 N–H and O–H groups in total. The normalized spacial score (nSPS) is 14.8. The Hall–Kier alpha value is -0.290. The lowest BCUT2D eigenvalue weighted by Crippen LogP contribution is -2.34. The summed E-state index contributed by atoms with van der Waals surface area (Å²) in [5.74, 6) is 0. The van der Waals surface area contributed by atoms with Crippen LogP contribution in [0.25, 0.3) is 0 Å². The van der Waals surface area contributed by atoms with E-state index in [0.29, 0.717) is 6.61 Å². The van der Waals surface area contributed by atoms with E-state index in [4.69, 9.17) is 4.74 Å². The van der Waals surface area contributed by atoms with E-state index in [2.05, 4.69) is 5.32 Å². The van der Waals surface area contributed by atoms with Crippen molar-refractivity contribution in [1.29, 1.82) is 0 Å². The lowest BCUT2D eigenvalue weighted by molar-refractivity contribution is -0.125. The van der Waals surface area contributed by atoms with Gasteiger partial charge in [-0.1, -0.05) is 0 Å². The molecular formula is C7H14F3NO. The third-order valence-electron chi connectivity index (χ3n) is 1.21. The van der Waals surface area contributed by atoms with Gasteiger partial charge in [0.05, 0.1) is 12.6 Å². The summed E-state index contributed by atoms with van der Waals surface area (Å²) in [5.41, 5.74) is 0. The molecule has 0 aromatic carbocycles. The second-order valence-electron chi connectivity index (χ2n) is 2.51. The summed E-state index contributed by atoms with van der Waals surface area (Å²) < 4.78 is 39.8. The zero-order valence-electron chi connectivity index (χ0n) is 7.24. The van der Waals surface area contributed by atoms with Gasteiger partial charge in [0.1, 0.15) is 0 Å². The molecule has 0 saturated heterocycles. The zero-order chi connectivity index (χ0) is 9.61. The summed E-state index contributed by atoms with van der Waals surface area (Å²) in [6, 6.07) is 0. The summed E-state index contributed by atoms with van der Waals surface area (Å²) in [4.78, 5) is 0. The summed E-state index contributed by atoms with van der Waals surface area (Å²) in [6.45, 7) is 3.33. The quantitative estimate of drug-likeness (QED) is 0.701. The van der Waals surface area contributed by atoms with Crippen molar-refractivity contribution in [1.82, 2.24) is 5.32 Å². The summed E-state index contributed by atoms with van der Waals surface area (Å²) >= 11 is 0. The van der Waals surface area contributed by atoms with Gasteiger partial charge < -0.3 is 10.1 Å². The highest BCUT2D eigenvalue weighted by Gasteiger charge is 2.26. The van der Waals surface area contributed by atoms with E-state index >= 15 is 0 Å². The molecular weight excluding hydrogens is 171 g/mol. The molecule has 0 heterocycles. The average Bonchev–Trinajstić information content (AvgIpc) is 1.84. The van der Waals surface area contributed by atoms with Crippen LogP contribution in [0.2, 0.25) is 0 Å². The Morgan fingerprint density at radius 3 is 2.42 bits per heavy atom. The van der Waals surface area contributed by atoms with Gasteiger partial charge in [0.2, 0.25) is 0 Å². The van der Waals surface area contributed by atoms with Crippen LogP contribution >= 0.6 is 0 Å². The van der Waals surface area contributed by atoms with Crippen molar-refractivity contribution in [2.45, 2.75) is 26.1 Å². The van der Waals surface area contributed by atoms with Crippen LogP contribution in [0.4, 0.5) is 13.2 Å². The van der Waals surface area contributed by atoms with Crippen molar-refractivity contribution >= 4 is 0 Å². The average molecular weight is 185 g/mol. The molecule has 2 nitrogen and oxygen atoms in total. The number of nitrogens with one attached hydrogen (secondary N) is 1. The van der Waals surface area contributed by atoms with Crippen molar-refractivity contribution < 1.29 is 17.9 Å². The second kappa shape index (κ2) is 5.37. The molecule has 0 radical (unpaired) electrons. The maximum absolute atomic E-state index is 11.6. The molecule has 0 bridgehead atoms. The van der Waals surface area contributed by atoms with Gasteiger partial charge in [0.15, 0.2) is 0 Å². The highest BCUT2D eigenvalue weighted by atomic mass is 19.4. The number of alkyl halides is 3. The topological polar surface area (TPSA) is 21.3 Å². The van der Waals surface area contributed by atoms with Crippen LogP contribution in [0.5, 0.6) is 0 Å². The zero-order valence-corrected chi connectivity index (χ0v) is 7.24. The van der Waals surface area contributed by atoms with E-state index < -0.39 is 12.7 Å². The molecule has 0 aliphatic heterocycles. The van der Waals surface area contributed by atoms with Gasteiger partial charge in [-0.05, 0) is 13.8 Å². The highest BCUT2D eigenvalue weighted by molar-refractivity contribution is 4.59. The van der Waals surface area contributed by atoms with E-state index in [1.54, 1.807) is 13.8 Å². The number of hydrogen-bond acceptors (Lipinski definition) is 2. The predicted molar refractivity (Wildman–Crippen MR) is 40.0 cm³/mol. The monoisotopic (exact) mass is 185 g/mol. The Labute approximate surface area is 70.1 Å². The molecule has 12 heavy (non-hydrogen) atoms. The summed E-state index contributed by atoms with van der Waals surface area (Å²) in [6.07, 6.45) is -4.30. The number of rotatable bonds is 5. The van der Waals surface area contributed by atoms with E-state index in [1.165, 1.54) is 0 Å². The smallest absolute Gasteiger partial charge is 0.377 e. The molecule has 0 aliphatic carbocycles. The number of hydrogen-bond donors (Lipinski definition) is 1. The number of halogens is 3. The maximum atomic E-state index is 11.6. The molecule has 0 aliphatic rings. The van der Waals surface area contributed by atoms with Gasteiger partial charge in [-0.2, -0.15) is 13.2 Å². The summed E-state index contributed by atoms with van der Waals surface area (Å²) in [7, 11) is 0. The molecule has 0 aromatic heterocycles. The lowest BCUT2D eigenvalue weighted by Gasteiger charge is -2.13. The van der Waals surface area contributed by atoms with Crippen LogP contribution in [0.1, 0.15) is 13.8 Å². The molecule has 0 spiro atoms. The van der Waals surface area contributed by atoms with Gasteiger partial charge in [0, 0.05) is 13.2 Å². The largest absolute Gasteiger partial charge is 0.401 e. The molecule has 0 amide bonds. The SMILES string of the molecule is CCOC(C)CNCC(F)(F)F. The van der Waals surface area contributed by atoms with Crippen LogP contribution in [-0.2, 0) is 4.74 Å². The fourth-order valence-electron chi connectivity index (χ4n) is 0.761. The van der Waals surface area contributed by atoms with Gasteiger partial charge in [-0.3, -0.25) is 0 Å². The molecule has 1 unspecified atom stereocenters. The van der Waals surface area contributed by atoms with Crippen molar-refractivity contribution in [2.75, 3.05) is 19.7 Å². The van der Waals surface area contributed by atoms with Crippen molar-refractivity contribution in [2.24, 2.45) is 0 Å². The maximum Gasteiger partial charge on any atom is 0.401 e. The van der Waals surface area contributed by atoms with Crippen LogP contribution in [0, 0.1) is 0 Å². The first-order valence-electron chi connectivity index (χ1n) is 3.84. The molecule has 0 aromatic rings. The van der Waals surface area contributed by atoms with Crippen LogP contribution in [0.3, 0.4) is 0 Å². The van der Waals surface area contributed by atoms with Gasteiger partial charge in [-0.25, -0.2) is 0 Å². The van der Waals surface area contributed by atoms with Crippen molar-refractivity contribution in [3.05, 3.63) is 0 Å². The van der Waals surface area contributed by atoms with Crippen LogP contribution in [-0.4, -0.2) is 32.0 Å². The fourth-order valence-corrected chi connectivity index (χ4v) is 0.761. The minimum atomic E-state index is -4.13. The minimum absolute atomic E-state index is 0.169. The molecule has 0 rings (SSSR count). The van der Waals surface area contributed by atoms with Gasteiger partial charge in [-0.15, -0.1) is 0 Å². The second-order valence-corrected chi connectivity index (χ2v) is 2.51. The third kappa shape index (κ3) is 7.81. The first-order valence-corrected chi connectivity index (χ1v) is 3.84. The molecule has 0 saturated carbocycles. The standard InChI is InChI=1S/C7H14F3NO/c1-3-12-6(2)4-11-5-7(8,9)10/h6,11H,3-5H2,1-2H3. The van der Waals surface area contributed by atoms with Gasteiger partial charge >= 0.3 is 6.18 Å². The molecule has 5 heteroatoms. The Bertz CT molecular complexity index is 116. The van der Waals surface area contributed by atoms with Gasteiger partial charge in [0.25, 0.3) is 0 Å². The lowest BCUT2D eigenvalue weighted by atomic mass is 10.4. The Morgan fingerprint density at radius 1 is 1.42 bits per heavy atom. The van der Waals surface area contributed by atoms with E-state index in [-0.39, 0.29) is 12.6 Å². The van der Waals surface area contributed by atoms with Crippen molar-refractivity contribution in [3.63, 3.8) is 0 Å². The minimum Gasteiger partial charge on any atom is -0.377 e. The first-order chi connectivity index (χ1) is 5.45. The molecule has 0 fully saturated rings. The predicted octanol–water partition coefficient (Wildman–Crippen LogP) is 1.56. The Balaban J connectivity index is 3.31. The highest BCUT2D eigenvalue weighted by Crippen LogP contribution is 2.11. The number of ether oxygens (including phenoxy) is 1. The molecule has 1 atom stereocenters. The van der Waals surface area contributed by atoms with Crippen LogP contribution in [0.15, 0.2) is 0 Å². The van der Waals surface area contributed by atoms with Crippen molar-refractivity contribution in [3.8, 4) is 0 Å². The third-order valence-corrected chi connectivity index (χ3v) is 1.21. The first kappa shape index (κ1) is 11.7. The fraction of sp³-hybridized carbons (Fsp3) is 1.00. The Kier molecular flexibility index (Phi) is 5.24. The van der Waals surface area contributed by atoms with E-state index in [1.807, 2.05) is 0 Å². The summed E-state index contributed by atoms with van der Waals surface area (Å²) in [5, 5.41) is 2.26. The Morgan fingerprint density at radius 2 is 2.00 bits per heavy atom. The van der Waals surface area contributed by atoms with Crippen LogP contribution < -0.4 is 5.32 Å². The molecule has 74 valence electrons.